The van der Waals surface area contributed by atoms with Crippen LogP contribution in [-0.4, -0.2) is 6.61 Å². The van der Waals surface area contributed by atoms with Crippen LogP contribution in [0.4, 0.5) is 0 Å². The minimum atomic E-state index is 0.343. The first-order chi connectivity index (χ1) is 7.38. The third kappa shape index (κ3) is 4.69. The minimum absolute atomic E-state index is 0.343. The van der Waals surface area contributed by atoms with Gasteiger partial charge in [0.15, 0.2) is 0 Å². The van der Waals surface area contributed by atoms with Crippen LogP contribution in [0.5, 0.6) is 5.75 Å². The van der Waals surface area contributed by atoms with Crippen molar-refractivity contribution in [3.63, 3.8) is 0 Å². The highest BCUT2D eigenvalue weighted by molar-refractivity contribution is 5.30. The summed E-state index contributed by atoms with van der Waals surface area (Å²) in [6, 6.07) is 8.41. The van der Waals surface area contributed by atoms with Crippen molar-refractivity contribution in [2.24, 2.45) is 5.41 Å². The highest BCUT2D eigenvalue weighted by Crippen LogP contribution is 2.22. The van der Waals surface area contributed by atoms with Gasteiger partial charge in [0.25, 0.3) is 0 Å². The zero-order valence-corrected chi connectivity index (χ0v) is 11.2. The van der Waals surface area contributed by atoms with Crippen molar-refractivity contribution in [3.05, 3.63) is 29.8 Å². The summed E-state index contributed by atoms with van der Waals surface area (Å²) >= 11 is 0. The molecule has 0 bridgehead atoms. The van der Waals surface area contributed by atoms with Crippen molar-refractivity contribution in [2.45, 2.75) is 47.0 Å². The molecule has 1 aromatic rings. The molecule has 16 heavy (non-hydrogen) atoms. The van der Waals surface area contributed by atoms with Gasteiger partial charge in [-0.15, -0.1) is 0 Å². The lowest BCUT2D eigenvalue weighted by Gasteiger charge is -2.18. The number of ether oxygens (including phenoxy) is 1. The molecule has 0 spiro atoms. The molecule has 0 aliphatic heterocycles. The highest BCUT2D eigenvalue weighted by Gasteiger charge is 2.10. The minimum Gasteiger partial charge on any atom is -0.494 e. The average Bonchev–Trinajstić information content (AvgIpc) is 2.16. The Kier molecular flexibility index (Phi) is 4.40. The van der Waals surface area contributed by atoms with Crippen LogP contribution in [0.2, 0.25) is 0 Å². The predicted molar refractivity (Wildman–Crippen MR) is 70.1 cm³/mol. The molecule has 0 N–H and O–H groups in total. The van der Waals surface area contributed by atoms with Crippen molar-refractivity contribution < 1.29 is 4.74 Å². The van der Waals surface area contributed by atoms with Crippen LogP contribution in [-0.2, 0) is 0 Å². The van der Waals surface area contributed by atoms with Gasteiger partial charge < -0.3 is 4.74 Å². The lowest BCUT2D eigenvalue weighted by molar-refractivity contribution is 0.243. The van der Waals surface area contributed by atoms with Gasteiger partial charge in [-0.1, -0.05) is 46.8 Å². The molecular weight excluding hydrogens is 196 g/mol. The summed E-state index contributed by atoms with van der Waals surface area (Å²) < 4.78 is 5.77. The Morgan fingerprint density at radius 2 is 1.88 bits per heavy atom. The van der Waals surface area contributed by atoms with Gasteiger partial charge in [-0.25, -0.2) is 0 Å². The van der Waals surface area contributed by atoms with E-state index in [0.29, 0.717) is 11.3 Å². The predicted octanol–water partition coefficient (Wildman–Crippen LogP) is 4.63. The number of rotatable bonds is 4. The Morgan fingerprint density at radius 1 is 1.19 bits per heavy atom. The molecule has 0 amide bonds. The van der Waals surface area contributed by atoms with Crippen LogP contribution in [0.15, 0.2) is 24.3 Å². The fraction of sp³-hybridized carbons (Fsp3) is 0.600. The van der Waals surface area contributed by atoms with E-state index >= 15 is 0 Å². The Hall–Kier alpha value is -0.980. The Labute approximate surface area is 99.8 Å². The molecular formula is C15H24O. The Morgan fingerprint density at radius 3 is 2.44 bits per heavy atom. The quantitative estimate of drug-likeness (QED) is 0.719. The van der Waals surface area contributed by atoms with Gasteiger partial charge in [0.2, 0.25) is 0 Å². The summed E-state index contributed by atoms with van der Waals surface area (Å²) in [5.41, 5.74) is 1.68. The molecule has 0 aromatic heterocycles. The van der Waals surface area contributed by atoms with Gasteiger partial charge in [-0.2, -0.15) is 0 Å². The monoisotopic (exact) mass is 220 g/mol. The molecule has 0 saturated carbocycles. The van der Waals surface area contributed by atoms with E-state index in [1.165, 1.54) is 5.56 Å². The van der Waals surface area contributed by atoms with E-state index in [4.69, 9.17) is 4.74 Å². The molecule has 0 heterocycles. The fourth-order valence-electron chi connectivity index (χ4n) is 1.44. The molecule has 0 aliphatic carbocycles. The lowest BCUT2D eigenvalue weighted by atomic mass is 9.93. The van der Waals surface area contributed by atoms with E-state index in [1.807, 2.05) is 6.07 Å². The van der Waals surface area contributed by atoms with Crippen LogP contribution in [0, 0.1) is 5.41 Å². The van der Waals surface area contributed by atoms with Crippen LogP contribution >= 0.6 is 0 Å². The first-order valence-corrected chi connectivity index (χ1v) is 6.11. The summed E-state index contributed by atoms with van der Waals surface area (Å²) in [5.74, 6) is 1.56. The standard InChI is InChI=1S/C15H24O/c1-12(2)13-7-6-8-14(11-13)16-10-9-15(3,4)5/h6-8,11-12H,9-10H2,1-5H3. The summed E-state index contributed by atoms with van der Waals surface area (Å²) in [5, 5.41) is 0. The third-order valence-electron chi connectivity index (χ3n) is 2.65. The molecule has 90 valence electrons. The maximum atomic E-state index is 5.77. The molecule has 0 radical (unpaired) electrons. The van der Waals surface area contributed by atoms with E-state index in [9.17, 15) is 0 Å². The lowest BCUT2D eigenvalue weighted by Crippen LogP contribution is -2.11. The second kappa shape index (κ2) is 5.38. The summed E-state index contributed by atoms with van der Waals surface area (Å²) in [6.07, 6.45) is 1.08. The van der Waals surface area contributed by atoms with E-state index in [0.717, 1.165) is 18.8 Å². The van der Waals surface area contributed by atoms with Crippen molar-refractivity contribution in [2.75, 3.05) is 6.61 Å². The number of benzene rings is 1. The van der Waals surface area contributed by atoms with Crippen molar-refractivity contribution in [1.29, 1.82) is 0 Å². The smallest absolute Gasteiger partial charge is 0.119 e. The largest absolute Gasteiger partial charge is 0.494 e. The van der Waals surface area contributed by atoms with Gasteiger partial charge in [0.05, 0.1) is 6.61 Å². The summed E-state index contributed by atoms with van der Waals surface area (Å²) in [4.78, 5) is 0. The zero-order valence-electron chi connectivity index (χ0n) is 11.2. The van der Waals surface area contributed by atoms with Crippen molar-refractivity contribution >= 4 is 0 Å². The van der Waals surface area contributed by atoms with E-state index < -0.39 is 0 Å². The number of hydrogen-bond donors (Lipinski definition) is 0. The maximum absolute atomic E-state index is 5.77. The highest BCUT2D eigenvalue weighted by atomic mass is 16.5. The molecule has 0 aliphatic rings. The summed E-state index contributed by atoms with van der Waals surface area (Å²) in [7, 11) is 0. The van der Waals surface area contributed by atoms with E-state index in [-0.39, 0.29) is 0 Å². The average molecular weight is 220 g/mol. The van der Waals surface area contributed by atoms with E-state index in [1.54, 1.807) is 0 Å². The molecule has 0 saturated heterocycles. The number of hydrogen-bond acceptors (Lipinski definition) is 1. The zero-order chi connectivity index (χ0) is 12.2. The van der Waals surface area contributed by atoms with Gasteiger partial charge >= 0.3 is 0 Å². The second-order valence-electron chi connectivity index (χ2n) is 5.89. The van der Waals surface area contributed by atoms with Gasteiger partial charge in [-0.05, 0) is 35.4 Å². The third-order valence-corrected chi connectivity index (χ3v) is 2.65. The SMILES string of the molecule is CC(C)c1cccc(OCCC(C)(C)C)c1. The van der Waals surface area contributed by atoms with Crippen molar-refractivity contribution in [1.82, 2.24) is 0 Å². The van der Waals surface area contributed by atoms with E-state index in [2.05, 4.69) is 52.8 Å². The Bertz CT molecular complexity index is 320. The van der Waals surface area contributed by atoms with Gasteiger partial charge in [0, 0.05) is 0 Å². The van der Waals surface area contributed by atoms with Crippen LogP contribution in [0.1, 0.15) is 52.5 Å². The topological polar surface area (TPSA) is 9.23 Å². The molecule has 1 nitrogen and oxygen atoms in total. The molecule has 1 heteroatoms. The molecule has 1 rings (SSSR count). The normalized spacial score (nSPS) is 11.9. The van der Waals surface area contributed by atoms with Gasteiger partial charge in [0.1, 0.15) is 5.75 Å². The second-order valence-corrected chi connectivity index (χ2v) is 5.89. The molecule has 1 aromatic carbocycles. The van der Waals surface area contributed by atoms with Crippen LogP contribution in [0.25, 0.3) is 0 Å². The first-order valence-electron chi connectivity index (χ1n) is 6.11. The molecule has 0 unspecified atom stereocenters. The fourth-order valence-corrected chi connectivity index (χ4v) is 1.44. The first kappa shape index (κ1) is 13.1. The summed E-state index contributed by atoms with van der Waals surface area (Å²) in [6.45, 7) is 11.9. The van der Waals surface area contributed by atoms with Crippen LogP contribution < -0.4 is 4.74 Å². The van der Waals surface area contributed by atoms with Crippen molar-refractivity contribution in [3.8, 4) is 5.75 Å². The van der Waals surface area contributed by atoms with Gasteiger partial charge in [-0.3, -0.25) is 0 Å². The van der Waals surface area contributed by atoms with Crippen LogP contribution in [0.3, 0.4) is 0 Å². The molecule has 0 fully saturated rings. The maximum Gasteiger partial charge on any atom is 0.119 e. The Balaban J connectivity index is 2.51. The molecule has 0 atom stereocenters.